The van der Waals surface area contributed by atoms with Gasteiger partial charge < -0.3 is 5.32 Å². The van der Waals surface area contributed by atoms with Crippen LogP contribution in [0.2, 0.25) is 5.02 Å². The lowest BCUT2D eigenvalue weighted by atomic mass is 10.2. The number of carbonyl (C=O) groups excluding carboxylic acids is 1. The fourth-order valence-corrected chi connectivity index (χ4v) is 2.63. The Morgan fingerprint density at radius 3 is 2.86 bits per heavy atom. The standard InChI is InChI=1S/C17H16ClN3O/c1-3-13-16(21-10-5-4-9-15(21)19-13)17(22)20-14-8-6-7-12(18)11(14)2/h4-10H,3H2,1-2H3,(H,20,22). The van der Waals surface area contributed by atoms with Gasteiger partial charge in [0.05, 0.1) is 5.69 Å². The number of anilines is 1. The molecule has 2 heterocycles. The number of nitrogens with zero attached hydrogens (tertiary/aromatic N) is 2. The Morgan fingerprint density at radius 1 is 1.27 bits per heavy atom. The monoisotopic (exact) mass is 313 g/mol. The maximum Gasteiger partial charge on any atom is 0.274 e. The lowest BCUT2D eigenvalue weighted by Crippen LogP contribution is -2.17. The molecule has 0 radical (unpaired) electrons. The Hall–Kier alpha value is -2.33. The molecule has 0 bridgehead atoms. The van der Waals surface area contributed by atoms with E-state index < -0.39 is 0 Å². The Labute approximate surface area is 133 Å². The van der Waals surface area contributed by atoms with E-state index in [0.29, 0.717) is 22.8 Å². The first-order valence-electron chi connectivity index (χ1n) is 7.14. The molecule has 0 atom stereocenters. The van der Waals surface area contributed by atoms with Crippen molar-refractivity contribution in [2.45, 2.75) is 20.3 Å². The van der Waals surface area contributed by atoms with Gasteiger partial charge in [-0.3, -0.25) is 9.20 Å². The van der Waals surface area contributed by atoms with Crippen LogP contribution in [-0.4, -0.2) is 15.3 Å². The van der Waals surface area contributed by atoms with Crippen LogP contribution in [0.25, 0.3) is 5.65 Å². The average Bonchev–Trinajstić information content (AvgIpc) is 2.90. The molecule has 4 nitrogen and oxygen atoms in total. The molecule has 0 aliphatic rings. The molecule has 0 aliphatic carbocycles. The second-order valence-corrected chi connectivity index (χ2v) is 5.46. The van der Waals surface area contributed by atoms with E-state index in [0.717, 1.165) is 16.9 Å². The third kappa shape index (κ3) is 2.46. The summed E-state index contributed by atoms with van der Waals surface area (Å²) in [7, 11) is 0. The van der Waals surface area contributed by atoms with Gasteiger partial charge in [0.15, 0.2) is 0 Å². The summed E-state index contributed by atoms with van der Waals surface area (Å²) in [4.78, 5) is 17.2. The summed E-state index contributed by atoms with van der Waals surface area (Å²) in [5.41, 5.74) is 3.68. The van der Waals surface area contributed by atoms with Crippen molar-refractivity contribution in [2.24, 2.45) is 0 Å². The van der Waals surface area contributed by atoms with E-state index >= 15 is 0 Å². The molecule has 2 aromatic heterocycles. The van der Waals surface area contributed by atoms with Crippen LogP contribution in [0.5, 0.6) is 0 Å². The summed E-state index contributed by atoms with van der Waals surface area (Å²) in [5, 5.41) is 3.57. The van der Waals surface area contributed by atoms with Crippen molar-refractivity contribution in [3.8, 4) is 0 Å². The molecule has 0 saturated heterocycles. The number of halogens is 1. The fraction of sp³-hybridized carbons (Fsp3) is 0.176. The second kappa shape index (κ2) is 5.81. The van der Waals surface area contributed by atoms with Gasteiger partial charge in [-0.05, 0) is 43.2 Å². The third-order valence-corrected chi connectivity index (χ3v) is 4.08. The molecule has 1 amide bonds. The van der Waals surface area contributed by atoms with Crippen LogP contribution in [-0.2, 0) is 6.42 Å². The van der Waals surface area contributed by atoms with Gasteiger partial charge in [-0.2, -0.15) is 0 Å². The lowest BCUT2D eigenvalue weighted by molar-refractivity contribution is 0.102. The molecule has 0 fully saturated rings. The van der Waals surface area contributed by atoms with Crippen molar-refractivity contribution in [1.82, 2.24) is 9.38 Å². The SMILES string of the molecule is CCc1nc2ccccn2c1C(=O)Nc1cccc(Cl)c1C. The van der Waals surface area contributed by atoms with Gasteiger partial charge in [0.25, 0.3) is 5.91 Å². The predicted octanol–water partition coefficient (Wildman–Crippen LogP) is 4.11. The largest absolute Gasteiger partial charge is 0.320 e. The molecule has 5 heteroatoms. The highest BCUT2D eigenvalue weighted by Gasteiger charge is 2.18. The molecule has 112 valence electrons. The van der Waals surface area contributed by atoms with Gasteiger partial charge in [-0.15, -0.1) is 0 Å². The molecule has 1 aromatic carbocycles. The first-order chi connectivity index (χ1) is 10.6. The van der Waals surface area contributed by atoms with Gasteiger partial charge in [0.2, 0.25) is 0 Å². The van der Waals surface area contributed by atoms with Crippen LogP contribution in [0.4, 0.5) is 5.69 Å². The highest BCUT2D eigenvalue weighted by Crippen LogP contribution is 2.24. The Bertz CT molecular complexity index is 854. The van der Waals surface area contributed by atoms with Gasteiger partial charge in [-0.25, -0.2) is 4.98 Å². The van der Waals surface area contributed by atoms with Crippen molar-refractivity contribution in [3.63, 3.8) is 0 Å². The van der Waals surface area contributed by atoms with Gasteiger partial charge in [-0.1, -0.05) is 30.7 Å². The minimum Gasteiger partial charge on any atom is -0.320 e. The summed E-state index contributed by atoms with van der Waals surface area (Å²) in [6, 6.07) is 11.1. The van der Waals surface area contributed by atoms with Crippen LogP contribution in [0.15, 0.2) is 42.6 Å². The number of aryl methyl sites for hydroxylation is 1. The quantitative estimate of drug-likeness (QED) is 0.791. The molecule has 0 aliphatic heterocycles. The number of carbonyl (C=O) groups is 1. The number of aromatic nitrogens is 2. The number of hydrogen-bond donors (Lipinski definition) is 1. The first kappa shape index (κ1) is 14.6. The average molecular weight is 314 g/mol. The van der Waals surface area contributed by atoms with Crippen molar-refractivity contribution in [2.75, 3.05) is 5.32 Å². The van der Waals surface area contributed by atoms with Crippen molar-refractivity contribution >= 4 is 28.8 Å². The number of nitrogens with one attached hydrogen (secondary N) is 1. The maximum atomic E-state index is 12.7. The molecule has 0 spiro atoms. The highest BCUT2D eigenvalue weighted by atomic mass is 35.5. The topological polar surface area (TPSA) is 46.4 Å². The number of amides is 1. The van der Waals surface area contributed by atoms with E-state index in [9.17, 15) is 4.79 Å². The van der Waals surface area contributed by atoms with Crippen LogP contribution < -0.4 is 5.32 Å². The number of imidazole rings is 1. The lowest BCUT2D eigenvalue weighted by Gasteiger charge is -2.10. The van der Waals surface area contributed by atoms with E-state index in [1.807, 2.05) is 54.8 Å². The normalized spacial score (nSPS) is 10.9. The molecular weight excluding hydrogens is 298 g/mol. The van der Waals surface area contributed by atoms with E-state index in [1.54, 1.807) is 6.07 Å². The van der Waals surface area contributed by atoms with E-state index in [1.165, 1.54) is 0 Å². The number of fused-ring (bicyclic) bond motifs is 1. The zero-order valence-corrected chi connectivity index (χ0v) is 13.2. The number of pyridine rings is 1. The predicted molar refractivity (Wildman–Crippen MR) is 88.7 cm³/mol. The zero-order chi connectivity index (χ0) is 15.7. The Kier molecular flexibility index (Phi) is 3.86. The second-order valence-electron chi connectivity index (χ2n) is 5.06. The molecule has 3 rings (SSSR count). The van der Waals surface area contributed by atoms with Crippen LogP contribution in [0.1, 0.15) is 28.7 Å². The van der Waals surface area contributed by atoms with Crippen molar-refractivity contribution in [3.05, 3.63) is 64.6 Å². The van der Waals surface area contributed by atoms with Crippen LogP contribution in [0, 0.1) is 6.92 Å². The smallest absolute Gasteiger partial charge is 0.274 e. The molecule has 22 heavy (non-hydrogen) atoms. The summed E-state index contributed by atoms with van der Waals surface area (Å²) in [5.74, 6) is -0.180. The van der Waals surface area contributed by atoms with E-state index in [-0.39, 0.29) is 5.91 Å². The van der Waals surface area contributed by atoms with Gasteiger partial charge in [0.1, 0.15) is 11.3 Å². The number of benzene rings is 1. The number of rotatable bonds is 3. The summed E-state index contributed by atoms with van der Waals surface area (Å²) in [6.07, 6.45) is 2.54. The summed E-state index contributed by atoms with van der Waals surface area (Å²) >= 11 is 6.11. The zero-order valence-electron chi connectivity index (χ0n) is 12.4. The summed E-state index contributed by atoms with van der Waals surface area (Å²) in [6.45, 7) is 3.87. The fourth-order valence-electron chi connectivity index (χ4n) is 2.46. The number of hydrogen-bond acceptors (Lipinski definition) is 2. The molecule has 0 saturated carbocycles. The van der Waals surface area contributed by atoms with Crippen LogP contribution in [0.3, 0.4) is 0 Å². The third-order valence-electron chi connectivity index (χ3n) is 3.67. The molecular formula is C17H16ClN3O. The van der Waals surface area contributed by atoms with E-state index in [2.05, 4.69) is 10.3 Å². The van der Waals surface area contributed by atoms with Gasteiger partial charge >= 0.3 is 0 Å². The minimum atomic E-state index is -0.180. The van der Waals surface area contributed by atoms with Crippen LogP contribution >= 0.6 is 11.6 Å². The minimum absolute atomic E-state index is 0.180. The molecule has 0 unspecified atom stereocenters. The Morgan fingerprint density at radius 2 is 2.09 bits per heavy atom. The first-order valence-corrected chi connectivity index (χ1v) is 7.52. The summed E-state index contributed by atoms with van der Waals surface area (Å²) < 4.78 is 1.81. The highest BCUT2D eigenvalue weighted by molar-refractivity contribution is 6.31. The maximum absolute atomic E-state index is 12.7. The molecule has 1 N–H and O–H groups in total. The van der Waals surface area contributed by atoms with Gasteiger partial charge in [0, 0.05) is 16.9 Å². The Balaban J connectivity index is 2.04. The molecule has 3 aromatic rings. The van der Waals surface area contributed by atoms with Crippen molar-refractivity contribution in [1.29, 1.82) is 0 Å². The van der Waals surface area contributed by atoms with E-state index in [4.69, 9.17) is 11.6 Å². The van der Waals surface area contributed by atoms with Crippen molar-refractivity contribution < 1.29 is 4.79 Å².